The van der Waals surface area contributed by atoms with E-state index in [0.29, 0.717) is 5.41 Å². The highest BCUT2D eigenvalue weighted by Crippen LogP contribution is 2.54. The first-order valence-electron chi connectivity index (χ1n) is 7.25. The second kappa shape index (κ2) is 5.26. The van der Waals surface area contributed by atoms with Crippen LogP contribution in [0.25, 0.3) is 0 Å². The minimum absolute atomic E-state index is 0.637. The van der Waals surface area contributed by atoms with E-state index in [0.717, 1.165) is 5.92 Å². The summed E-state index contributed by atoms with van der Waals surface area (Å²) in [7, 11) is 0. The number of benzene rings is 1. The molecule has 0 aromatic heterocycles. The lowest BCUT2D eigenvalue weighted by Crippen LogP contribution is -2.26. The first kappa shape index (κ1) is 12.6. The fourth-order valence-electron chi connectivity index (χ4n) is 3.08. The van der Waals surface area contributed by atoms with E-state index in [1.165, 1.54) is 49.4 Å². The highest BCUT2D eigenvalue weighted by molar-refractivity contribution is 7.99. The van der Waals surface area contributed by atoms with Crippen LogP contribution in [-0.2, 0) is 0 Å². The van der Waals surface area contributed by atoms with E-state index < -0.39 is 0 Å². The van der Waals surface area contributed by atoms with Gasteiger partial charge in [-0.2, -0.15) is 0 Å². The molecule has 2 heteroatoms. The Kier molecular flexibility index (Phi) is 3.67. The van der Waals surface area contributed by atoms with Gasteiger partial charge >= 0.3 is 0 Å². The van der Waals surface area contributed by atoms with E-state index >= 15 is 0 Å². The highest BCUT2D eigenvalue weighted by atomic mass is 32.2. The first-order valence-corrected chi connectivity index (χ1v) is 8.24. The van der Waals surface area contributed by atoms with Gasteiger partial charge in [0.1, 0.15) is 0 Å². The number of hydrogen-bond donors (Lipinski definition) is 1. The van der Waals surface area contributed by atoms with Crippen LogP contribution in [0.4, 0.5) is 0 Å². The Balaban J connectivity index is 1.61. The highest BCUT2D eigenvalue weighted by Gasteiger charge is 2.44. The van der Waals surface area contributed by atoms with Gasteiger partial charge < -0.3 is 5.32 Å². The van der Waals surface area contributed by atoms with Gasteiger partial charge in [0, 0.05) is 17.2 Å². The predicted octanol–water partition coefficient (Wildman–Crippen LogP) is 4.05. The lowest BCUT2D eigenvalue weighted by molar-refractivity contribution is 0.400. The van der Waals surface area contributed by atoms with Crippen molar-refractivity contribution >= 4 is 11.8 Å². The topological polar surface area (TPSA) is 12.0 Å². The standard InChI is InChI=1S/C16H23NS/c1-2-9-17-12-16(7-8-16)10-13-11-18-15-6-4-3-5-14(13)15/h3-6,13,17H,2,7-12H2,1H3. The minimum Gasteiger partial charge on any atom is -0.316 e. The van der Waals surface area contributed by atoms with Crippen LogP contribution >= 0.6 is 11.8 Å². The second-order valence-corrected chi connectivity index (χ2v) is 6.99. The van der Waals surface area contributed by atoms with Gasteiger partial charge in [-0.3, -0.25) is 0 Å². The third-order valence-corrected chi connectivity index (χ3v) is 5.61. The molecule has 0 spiro atoms. The quantitative estimate of drug-likeness (QED) is 0.775. The first-order chi connectivity index (χ1) is 8.83. The summed E-state index contributed by atoms with van der Waals surface area (Å²) >= 11 is 2.05. The molecule has 1 aliphatic carbocycles. The summed E-state index contributed by atoms with van der Waals surface area (Å²) in [6.07, 6.45) is 5.52. The van der Waals surface area contributed by atoms with Crippen LogP contribution < -0.4 is 5.32 Å². The van der Waals surface area contributed by atoms with Crippen LogP contribution in [0.2, 0.25) is 0 Å². The maximum Gasteiger partial charge on any atom is 0.0107 e. The zero-order valence-corrected chi connectivity index (χ0v) is 12.1. The molecule has 18 heavy (non-hydrogen) atoms. The molecule has 1 N–H and O–H groups in total. The molecule has 3 rings (SSSR count). The summed E-state index contributed by atoms with van der Waals surface area (Å²) in [5.74, 6) is 2.10. The number of hydrogen-bond acceptors (Lipinski definition) is 2. The molecule has 0 saturated heterocycles. The van der Waals surface area contributed by atoms with Crippen molar-refractivity contribution < 1.29 is 0 Å². The molecule has 98 valence electrons. The van der Waals surface area contributed by atoms with Gasteiger partial charge in [-0.05, 0) is 55.2 Å². The lowest BCUT2D eigenvalue weighted by atomic mass is 9.88. The van der Waals surface area contributed by atoms with Crippen molar-refractivity contribution in [2.24, 2.45) is 5.41 Å². The average molecular weight is 261 g/mol. The van der Waals surface area contributed by atoms with Crippen LogP contribution in [0.3, 0.4) is 0 Å². The summed E-state index contributed by atoms with van der Waals surface area (Å²) < 4.78 is 0. The molecule has 1 fully saturated rings. The Labute approximate surface area is 115 Å². The molecule has 1 aromatic carbocycles. The third kappa shape index (κ3) is 2.60. The number of fused-ring (bicyclic) bond motifs is 1. The minimum atomic E-state index is 0.637. The molecule has 1 heterocycles. The fraction of sp³-hybridized carbons (Fsp3) is 0.625. The molecule has 0 bridgehead atoms. The van der Waals surface area contributed by atoms with Crippen molar-refractivity contribution in [3.63, 3.8) is 0 Å². The van der Waals surface area contributed by atoms with Crippen molar-refractivity contribution in [3.8, 4) is 0 Å². The van der Waals surface area contributed by atoms with Crippen molar-refractivity contribution in [2.75, 3.05) is 18.8 Å². The zero-order chi connectivity index (χ0) is 12.4. The summed E-state index contributed by atoms with van der Waals surface area (Å²) in [5, 5.41) is 3.63. The van der Waals surface area contributed by atoms with Gasteiger partial charge in [0.15, 0.2) is 0 Å². The summed E-state index contributed by atoms with van der Waals surface area (Å²) in [6.45, 7) is 4.67. The molecule has 1 atom stereocenters. The average Bonchev–Trinajstić information content (AvgIpc) is 3.04. The molecular weight excluding hydrogens is 238 g/mol. The molecule has 0 radical (unpaired) electrons. The van der Waals surface area contributed by atoms with Gasteiger partial charge in [-0.25, -0.2) is 0 Å². The van der Waals surface area contributed by atoms with Crippen LogP contribution in [0.1, 0.15) is 44.1 Å². The van der Waals surface area contributed by atoms with Gasteiger partial charge in [-0.1, -0.05) is 25.1 Å². The maximum atomic E-state index is 3.63. The van der Waals surface area contributed by atoms with E-state index in [2.05, 4.69) is 48.3 Å². The van der Waals surface area contributed by atoms with Crippen molar-refractivity contribution in [1.82, 2.24) is 5.32 Å². The number of rotatable bonds is 6. The largest absolute Gasteiger partial charge is 0.316 e. The van der Waals surface area contributed by atoms with Crippen LogP contribution in [0, 0.1) is 5.41 Å². The number of thioether (sulfide) groups is 1. The van der Waals surface area contributed by atoms with E-state index in [1.807, 2.05) is 0 Å². The normalized spacial score (nSPS) is 23.9. The zero-order valence-electron chi connectivity index (χ0n) is 11.2. The number of nitrogens with one attached hydrogen (secondary N) is 1. The van der Waals surface area contributed by atoms with Gasteiger partial charge in [0.2, 0.25) is 0 Å². The SMILES string of the molecule is CCCNCC1(CC2CSc3ccccc32)CC1. The summed E-state index contributed by atoms with van der Waals surface area (Å²) in [5.41, 5.74) is 2.25. The Morgan fingerprint density at radius 2 is 2.17 bits per heavy atom. The second-order valence-electron chi connectivity index (χ2n) is 5.93. The third-order valence-electron chi connectivity index (χ3n) is 4.36. The smallest absolute Gasteiger partial charge is 0.0107 e. The predicted molar refractivity (Wildman–Crippen MR) is 79.4 cm³/mol. The van der Waals surface area contributed by atoms with Crippen molar-refractivity contribution in [2.45, 2.75) is 43.4 Å². The molecule has 1 aliphatic heterocycles. The molecule has 2 aliphatic rings. The van der Waals surface area contributed by atoms with E-state index in [1.54, 1.807) is 5.56 Å². The van der Waals surface area contributed by atoms with Gasteiger partial charge in [0.05, 0.1) is 0 Å². The summed E-state index contributed by atoms with van der Waals surface area (Å²) in [4.78, 5) is 1.53. The fourth-order valence-corrected chi connectivity index (χ4v) is 4.34. The molecule has 1 unspecified atom stereocenters. The van der Waals surface area contributed by atoms with E-state index in [-0.39, 0.29) is 0 Å². The monoisotopic (exact) mass is 261 g/mol. The van der Waals surface area contributed by atoms with Crippen LogP contribution in [0.5, 0.6) is 0 Å². The molecule has 0 amide bonds. The van der Waals surface area contributed by atoms with E-state index in [4.69, 9.17) is 0 Å². The van der Waals surface area contributed by atoms with Gasteiger partial charge in [-0.15, -0.1) is 11.8 Å². The Bertz CT molecular complexity index is 411. The van der Waals surface area contributed by atoms with Crippen LogP contribution in [0.15, 0.2) is 29.2 Å². The molecular formula is C16H23NS. The summed E-state index contributed by atoms with van der Waals surface area (Å²) in [6, 6.07) is 9.00. The Hall–Kier alpha value is -0.470. The molecule has 1 nitrogen and oxygen atoms in total. The Morgan fingerprint density at radius 3 is 2.94 bits per heavy atom. The van der Waals surface area contributed by atoms with Crippen LogP contribution in [-0.4, -0.2) is 18.8 Å². The van der Waals surface area contributed by atoms with Crippen molar-refractivity contribution in [1.29, 1.82) is 0 Å². The molecule has 1 saturated carbocycles. The van der Waals surface area contributed by atoms with Crippen molar-refractivity contribution in [3.05, 3.63) is 29.8 Å². The molecule has 1 aromatic rings. The van der Waals surface area contributed by atoms with E-state index in [9.17, 15) is 0 Å². The van der Waals surface area contributed by atoms with Gasteiger partial charge in [0.25, 0.3) is 0 Å². The maximum absolute atomic E-state index is 3.63. The lowest BCUT2D eigenvalue weighted by Gasteiger charge is -2.20. The Morgan fingerprint density at radius 1 is 1.33 bits per heavy atom.